The molecule has 7 heteroatoms. The average Bonchev–Trinajstić information content (AvgIpc) is 3.26. The molecule has 0 saturated heterocycles. The fourth-order valence-electron chi connectivity index (χ4n) is 5.10. The van der Waals surface area contributed by atoms with Gasteiger partial charge in [-0.05, 0) is 62.3 Å². The van der Waals surface area contributed by atoms with Crippen molar-refractivity contribution in [2.24, 2.45) is 23.7 Å². The second kappa shape index (κ2) is 6.72. The standard InChI is InChI=1S/C21H24N2O4S/c24-18(15-10-4-6-11(7-5-10)16(15)21(26)27)23-20-17(19(25)22-12-8-9-12)13-2-1-3-14(13)28-20/h4,6,10-12,15-16H,1-3,5,7-9H2,(H,22,25)(H,23,24)(H,26,27)/t10-,11-,15-,16-/m0/s1. The Hall–Kier alpha value is -2.15. The van der Waals surface area contributed by atoms with Gasteiger partial charge in [-0.15, -0.1) is 11.3 Å². The number of rotatable bonds is 5. The van der Waals surface area contributed by atoms with Crippen molar-refractivity contribution in [3.63, 3.8) is 0 Å². The molecular weight excluding hydrogens is 376 g/mol. The molecule has 2 fully saturated rings. The number of amides is 2. The Morgan fingerprint density at radius 3 is 2.36 bits per heavy atom. The number of thiophene rings is 1. The summed E-state index contributed by atoms with van der Waals surface area (Å²) in [5.74, 6) is -2.63. The predicted molar refractivity (Wildman–Crippen MR) is 105 cm³/mol. The number of carboxylic acid groups (broad SMARTS) is 1. The number of aliphatic carboxylic acids is 1. The topological polar surface area (TPSA) is 95.5 Å². The van der Waals surface area contributed by atoms with E-state index in [2.05, 4.69) is 10.6 Å². The highest BCUT2D eigenvalue weighted by Crippen LogP contribution is 2.46. The van der Waals surface area contributed by atoms with Crippen molar-refractivity contribution in [3.8, 4) is 0 Å². The van der Waals surface area contributed by atoms with Gasteiger partial charge < -0.3 is 15.7 Å². The lowest BCUT2D eigenvalue weighted by Crippen LogP contribution is -2.47. The monoisotopic (exact) mass is 400 g/mol. The minimum absolute atomic E-state index is 0.0401. The van der Waals surface area contributed by atoms with Crippen molar-refractivity contribution >= 4 is 34.1 Å². The molecule has 6 nitrogen and oxygen atoms in total. The molecule has 5 aliphatic rings. The van der Waals surface area contributed by atoms with E-state index in [9.17, 15) is 19.5 Å². The smallest absolute Gasteiger partial charge is 0.307 e. The van der Waals surface area contributed by atoms with E-state index in [0.717, 1.165) is 50.5 Å². The number of hydrogen-bond donors (Lipinski definition) is 3. The van der Waals surface area contributed by atoms with Crippen LogP contribution in [0.1, 0.15) is 52.9 Å². The van der Waals surface area contributed by atoms with Crippen molar-refractivity contribution in [3.05, 3.63) is 28.2 Å². The van der Waals surface area contributed by atoms with Crippen LogP contribution in [0.15, 0.2) is 12.2 Å². The lowest BCUT2D eigenvalue weighted by atomic mass is 9.62. The van der Waals surface area contributed by atoms with Crippen LogP contribution in [-0.2, 0) is 22.4 Å². The van der Waals surface area contributed by atoms with E-state index >= 15 is 0 Å². The first-order chi connectivity index (χ1) is 13.5. The molecule has 2 amide bonds. The van der Waals surface area contributed by atoms with Crippen molar-refractivity contribution < 1.29 is 19.5 Å². The van der Waals surface area contributed by atoms with E-state index in [4.69, 9.17) is 0 Å². The number of hydrogen-bond acceptors (Lipinski definition) is 4. The fraction of sp³-hybridized carbons (Fsp3) is 0.571. The van der Waals surface area contributed by atoms with Gasteiger partial charge in [0, 0.05) is 10.9 Å². The van der Waals surface area contributed by atoms with Gasteiger partial charge in [0.15, 0.2) is 0 Å². The molecule has 3 N–H and O–H groups in total. The molecular formula is C21H24N2O4S. The van der Waals surface area contributed by atoms with Crippen LogP contribution in [0.2, 0.25) is 0 Å². The van der Waals surface area contributed by atoms with Gasteiger partial charge in [-0.2, -0.15) is 0 Å². The molecule has 4 atom stereocenters. The molecule has 1 aromatic rings. The number of carboxylic acids is 1. The van der Waals surface area contributed by atoms with Crippen LogP contribution in [0.25, 0.3) is 0 Å². The molecule has 28 heavy (non-hydrogen) atoms. The first-order valence-electron chi connectivity index (χ1n) is 10.2. The Morgan fingerprint density at radius 1 is 1.00 bits per heavy atom. The van der Waals surface area contributed by atoms with Crippen LogP contribution >= 0.6 is 11.3 Å². The normalized spacial score (nSPS) is 30.1. The number of fused-ring (bicyclic) bond motifs is 3. The average molecular weight is 401 g/mol. The maximum absolute atomic E-state index is 13.2. The van der Waals surface area contributed by atoms with Crippen LogP contribution < -0.4 is 10.6 Å². The number of carbonyl (C=O) groups excluding carboxylic acids is 2. The van der Waals surface area contributed by atoms with Crippen LogP contribution in [0.3, 0.4) is 0 Å². The third kappa shape index (κ3) is 2.96. The summed E-state index contributed by atoms with van der Waals surface area (Å²) in [6.07, 6.45) is 10.5. The highest BCUT2D eigenvalue weighted by atomic mass is 32.1. The highest BCUT2D eigenvalue weighted by molar-refractivity contribution is 7.17. The second-order valence-electron chi connectivity index (χ2n) is 8.48. The van der Waals surface area contributed by atoms with E-state index in [1.54, 1.807) is 0 Å². The van der Waals surface area contributed by atoms with Gasteiger partial charge in [-0.25, -0.2) is 0 Å². The number of anilines is 1. The van der Waals surface area contributed by atoms with E-state index in [1.165, 1.54) is 16.2 Å². The molecule has 0 radical (unpaired) electrons. The largest absolute Gasteiger partial charge is 0.481 e. The molecule has 0 spiro atoms. The molecule has 6 rings (SSSR count). The molecule has 5 aliphatic carbocycles. The summed E-state index contributed by atoms with van der Waals surface area (Å²) in [6, 6.07) is 0.253. The lowest BCUT2D eigenvalue weighted by Gasteiger charge is -2.41. The van der Waals surface area contributed by atoms with Crippen molar-refractivity contribution in [2.75, 3.05) is 5.32 Å². The molecule has 1 heterocycles. The Balaban J connectivity index is 1.43. The summed E-state index contributed by atoms with van der Waals surface area (Å²) in [6.45, 7) is 0. The second-order valence-corrected chi connectivity index (χ2v) is 9.58. The van der Waals surface area contributed by atoms with Crippen LogP contribution in [0.5, 0.6) is 0 Å². The summed E-state index contributed by atoms with van der Waals surface area (Å²) in [5.41, 5.74) is 1.68. The van der Waals surface area contributed by atoms with Crippen molar-refractivity contribution in [2.45, 2.75) is 51.0 Å². The van der Waals surface area contributed by atoms with E-state index in [0.29, 0.717) is 10.6 Å². The van der Waals surface area contributed by atoms with Crippen molar-refractivity contribution in [1.82, 2.24) is 5.32 Å². The molecule has 148 valence electrons. The van der Waals surface area contributed by atoms with Gasteiger partial charge in [0.05, 0.1) is 17.4 Å². The van der Waals surface area contributed by atoms with Gasteiger partial charge in [-0.1, -0.05) is 12.2 Å². The quantitative estimate of drug-likeness (QED) is 0.662. The maximum atomic E-state index is 13.2. The summed E-state index contributed by atoms with van der Waals surface area (Å²) in [5, 5.41) is 16.3. The number of allylic oxidation sites excluding steroid dienone is 2. The zero-order valence-corrected chi connectivity index (χ0v) is 16.4. The highest BCUT2D eigenvalue weighted by Gasteiger charge is 2.48. The van der Waals surface area contributed by atoms with Gasteiger partial charge >= 0.3 is 5.97 Å². The lowest BCUT2D eigenvalue weighted by molar-refractivity contribution is -0.151. The summed E-state index contributed by atoms with van der Waals surface area (Å²) >= 11 is 1.49. The van der Waals surface area contributed by atoms with Crippen LogP contribution in [0.4, 0.5) is 5.00 Å². The van der Waals surface area contributed by atoms with Gasteiger partial charge in [0.25, 0.3) is 5.91 Å². The zero-order chi connectivity index (χ0) is 19.4. The minimum Gasteiger partial charge on any atom is -0.481 e. The summed E-state index contributed by atoms with van der Waals surface area (Å²) in [7, 11) is 0. The Kier molecular flexibility index (Phi) is 4.30. The van der Waals surface area contributed by atoms with E-state index in [-0.39, 0.29) is 29.7 Å². The molecule has 1 aromatic heterocycles. The van der Waals surface area contributed by atoms with Gasteiger partial charge in [0.1, 0.15) is 5.00 Å². The summed E-state index contributed by atoms with van der Waals surface area (Å²) in [4.78, 5) is 39.0. The Bertz CT molecular complexity index is 885. The van der Waals surface area contributed by atoms with Gasteiger partial charge in [-0.3, -0.25) is 14.4 Å². The predicted octanol–water partition coefficient (Wildman–Crippen LogP) is 2.98. The number of carbonyl (C=O) groups is 3. The van der Waals surface area contributed by atoms with Crippen LogP contribution in [0, 0.1) is 23.7 Å². The van der Waals surface area contributed by atoms with E-state index < -0.39 is 17.8 Å². The molecule has 0 unspecified atom stereocenters. The van der Waals surface area contributed by atoms with Crippen molar-refractivity contribution in [1.29, 1.82) is 0 Å². The number of aryl methyl sites for hydroxylation is 1. The Labute approximate surface area is 167 Å². The first kappa shape index (κ1) is 17.9. The molecule has 0 aliphatic heterocycles. The maximum Gasteiger partial charge on any atom is 0.307 e. The molecule has 0 aromatic carbocycles. The van der Waals surface area contributed by atoms with Crippen LogP contribution in [-0.4, -0.2) is 28.9 Å². The third-order valence-electron chi connectivity index (χ3n) is 6.63. The Morgan fingerprint density at radius 2 is 1.71 bits per heavy atom. The first-order valence-corrected chi connectivity index (χ1v) is 11.0. The molecule has 2 bridgehead atoms. The minimum atomic E-state index is -0.903. The SMILES string of the molecule is O=C(NC1CC1)c1c(NC(=O)[C@@H]2[C@@H](C(=O)O)[C@H]3C=C[C@H]2CC3)sc2c1CCC2. The third-order valence-corrected chi connectivity index (χ3v) is 7.84. The van der Waals surface area contributed by atoms with E-state index in [1.807, 2.05) is 12.2 Å². The fourth-order valence-corrected chi connectivity index (χ4v) is 6.39. The molecule has 2 saturated carbocycles. The summed E-state index contributed by atoms with van der Waals surface area (Å²) < 4.78 is 0. The number of nitrogens with one attached hydrogen (secondary N) is 2. The van der Waals surface area contributed by atoms with Gasteiger partial charge in [0.2, 0.25) is 5.91 Å². The zero-order valence-electron chi connectivity index (χ0n) is 15.6.